The third-order valence-corrected chi connectivity index (χ3v) is 1.68. The summed E-state index contributed by atoms with van der Waals surface area (Å²) in [6.45, 7) is 3.63. The van der Waals surface area contributed by atoms with E-state index in [1.165, 1.54) is 14.0 Å². The molecule has 0 spiro atoms. The van der Waals surface area contributed by atoms with Crippen LogP contribution in [0.2, 0.25) is 0 Å². The number of nitrogens with two attached hydrogens (primary N) is 1. The summed E-state index contributed by atoms with van der Waals surface area (Å²) in [6.07, 6.45) is 0. The molecule has 0 saturated heterocycles. The molecule has 0 aliphatic heterocycles. The number of ether oxygens (including phenoxy) is 2. The fraction of sp³-hybridized carbons (Fsp3) is 0.778. The zero-order valence-electron chi connectivity index (χ0n) is 9.28. The maximum absolute atomic E-state index is 11.3. The quantitative estimate of drug-likeness (QED) is 0.560. The Kier molecular flexibility index (Phi) is 6.64. The molecule has 0 saturated carbocycles. The van der Waals surface area contributed by atoms with Crippen LogP contribution >= 0.6 is 0 Å². The summed E-state index contributed by atoms with van der Waals surface area (Å²) in [5, 5.41) is 2.43. The third kappa shape index (κ3) is 5.34. The number of hydrogen-bond acceptors (Lipinski definition) is 5. The second-order valence-corrected chi connectivity index (χ2v) is 3.04. The van der Waals surface area contributed by atoms with E-state index in [0.717, 1.165) is 0 Å². The number of rotatable bonds is 6. The molecule has 0 aromatic heterocycles. The van der Waals surface area contributed by atoms with Gasteiger partial charge < -0.3 is 20.5 Å². The predicted octanol–water partition coefficient (Wildman–Crippen LogP) is -0.972. The van der Waals surface area contributed by atoms with Gasteiger partial charge in [-0.2, -0.15) is 0 Å². The van der Waals surface area contributed by atoms with Gasteiger partial charge in [0, 0.05) is 7.11 Å². The molecule has 2 atom stereocenters. The standard InChI is InChI=1S/C9H18N2O4/c1-4-15-9(13)6(2)11-8(12)7(10)5-14-3/h6-7H,4-5,10H2,1-3H3,(H,11,12). The lowest BCUT2D eigenvalue weighted by Crippen LogP contribution is -2.49. The zero-order valence-corrected chi connectivity index (χ0v) is 9.28. The van der Waals surface area contributed by atoms with E-state index in [1.54, 1.807) is 6.92 Å². The number of amides is 1. The van der Waals surface area contributed by atoms with Crippen molar-refractivity contribution in [1.82, 2.24) is 5.32 Å². The van der Waals surface area contributed by atoms with Gasteiger partial charge in [-0.05, 0) is 13.8 Å². The molecule has 3 N–H and O–H groups in total. The molecular formula is C9H18N2O4. The van der Waals surface area contributed by atoms with Gasteiger partial charge in [0.2, 0.25) is 5.91 Å². The number of carbonyl (C=O) groups is 2. The van der Waals surface area contributed by atoms with Crippen molar-refractivity contribution >= 4 is 11.9 Å². The first-order valence-electron chi connectivity index (χ1n) is 4.74. The second kappa shape index (κ2) is 7.19. The molecule has 0 radical (unpaired) electrons. The monoisotopic (exact) mass is 218 g/mol. The van der Waals surface area contributed by atoms with Crippen LogP contribution in [0.25, 0.3) is 0 Å². The average molecular weight is 218 g/mol. The van der Waals surface area contributed by atoms with Crippen LogP contribution in [0.5, 0.6) is 0 Å². The average Bonchev–Trinajstić information content (AvgIpc) is 2.18. The molecule has 2 unspecified atom stereocenters. The van der Waals surface area contributed by atoms with Crippen LogP contribution in [-0.2, 0) is 19.1 Å². The summed E-state index contributed by atoms with van der Waals surface area (Å²) in [6, 6.07) is -1.47. The van der Waals surface area contributed by atoms with Crippen molar-refractivity contribution in [3.8, 4) is 0 Å². The van der Waals surface area contributed by atoms with Gasteiger partial charge in [-0.3, -0.25) is 4.79 Å². The van der Waals surface area contributed by atoms with Gasteiger partial charge >= 0.3 is 5.97 Å². The minimum atomic E-state index is -0.771. The Balaban J connectivity index is 4.00. The summed E-state index contributed by atoms with van der Waals surface area (Å²) in [5.74, 6) is -0.909. The van der Waals surface area contributed by atoms with E-state index in [-0.39, 0.29) is 13.2 Å². The topological polar surface area (TPSA) is 90.7 Å². The van der Waals surface area contributed by atoms with E-state index < -0.39 is 24.0 Å². The number of nitrogens with one attached hydrogen (secondary N) is 1. The molecule has 0 heterocycles. The molecule has 6 heteroatoms. The van der Waals surface area contributed by atoms with E-state index in [2.05, 4.69) is 5.32 Å². The first-order valence-corrected chi connectivity index (χ1v) is 4.74. The van der Waals surface area contributed by atoms with Gasteiger partial charge in [-0.1, -0.05) is 0 Å². The summed E-state index contributed by atoms with van der Waals surface area (Å²) in [7, 11) is 1.45. The normalized spacial score (nSPS) is 14.1. The smallest absolute Gasteiger partial charge is 0.328 e. The molecular weight excluding hydrogens is 200 g/mol. The number of methoxy groups -OCH3 is 1. The summed E-state index contributed by atoms with van der Waals surface area (Å²) in [5.41, 5.74) is 5.46. The highest BCUT2D eigenvalue weighted by Crippen LogP contribution is 1.90. The Bertz CT molecular complexity index is 220. The van der Waals surface area contributed by atoms with Crippen molar-refractivity contribution < 1.29 is 19.1 Å². The minimum absolute atomic E-state index is 0.112. The minimum Gasteiger partial charge on any atom is -0.464 e. The van der Waals surface area contributed by atoms with Crippen molar-refractivity contribution in [3.05, 3.63) is 0 Å². The maximum atomic E-state index is 11.3. The van der Waals surface area contributed by atoms with E-state index in [1.807, 2.05) is 0 Å². The van der Waals surface area contributed by atoms with E-state index >= 15 is 0 Å². The molecule has 0 aliphatic rings. The Morgan fingerprint density at radius 1 is 1.47 bits per heavy atom. The van der Waals surface area contributed by atoms with Crippen LogP contribution in [0.1, 0.15) is 13.8 Å². The number of esters is 1. The van der Waals surface area contributed by atoms with Crippen molar-refractivity contribution in [2.45, 2.75) is 25.9 Å². The van der Waals surface area contributed by atoms with Gasteiger partial charge in [0.15, 0.2) is 0 Å². The van der Waals surface area contributed by atoms with Crippen LogP contribution in [0.4, 0.5) is 0 Å². The molecule has 0 rings (SSSR count). The SMILES string of the molecule is CCOC(=O)C(C)NC(=O)C(N)COC. The molecule has 1 amide bonds. The van der Waals surface area contributed by atoms with E-state index in [9.17, 15) is 9.59 Å². The molecule has 6 nitrogen and oxygen atoms in total. The van der Waals surface area contributed by atoms with E-state index in [0.29, 0.717) is 0 Å². The molecule has 0 aromatic carbocycles. The van der Waals surface area contributed by atoms with Gasteiger partial charge in [0.1, 0.15) is 12.1 Å². The van der Waals surface area contributed by atoms with Crippen molar-refractivity contribution in [2.24, 2.45) is 5.73 Å². The molecule has 0 bridgehead atoms. The molecule has 0 fully saturated rings. The van der Waals surface area contributed by atoms with Gasteiger partial charge in [0.25, 0.3) is 0 Å². The summed E-state index contributed by atoms with van der Waals surface area (Å²) >= 11 is 0. The fourth-order valence-electron chi connectivity index (χ4n) is 0.902. The lowest BCUT2D eigenvalue weighted by Gasteiger charge is -2.15. The number of hydrogen-bond donors (Lipinski definition) is 2. The van der Waals surface area contributed by atoms with Gasteiger partial charge in [-0.25, -0.2) is 4.79 Å². The van der Waals surface area contributed by atoms with Crippen LogP contribution in [-0.4, -0.2) is 44.3 Å². The Morgan fingerprint density at radius 2 is 2.07 bits per heavy atom. The zero-order chi connectivity index (χ0) is 11.8. The predicted molar refractivity (Wildman–Crippen MR) is 54.1 cm³/mol. The fourth-order valence-corrected chi connectivity index (χ4v) is 0.902. The van der Waals surface area contributed by atoms with Crippen molar-refractivity contribution in [2.75, 3.05) is 20.3 Å². The summed E-state index contributed by atoms with van der Waals surface area (Å²) in [4.78, 5) is 22.5. The highest BCUT2D eigenvalue weighted by atomic mass is 16.5. The van der Waals surface area contributed by atoms with Crippen LogP contribution in [0, 0.1) is 0 Å². The van der Waals surface area contributed by atoms with Crippen LogP contribution < -0.4 is 11.1 Å². The molecule has 88 valence electrons. The lowest BCUT2D eigenvalue weighted by molar-refractivity contribution is -0.147. The third-order valence-electron chi connectivity index (χ3n) is 1.68. The first kappa shape index (κ1) is 13.9. The van der Waals surface area contributed by atoms with Gasteiger partial charge in [0.05, 0.1) is 13.2 Å². The molecule has 15 heavy (non-hydrogen) atoms. The molecule has 0 aliphatic carbocycles. The Hall–Kier alpha value is -1.14. The Morgan fingerprint density at radius 3 is 2.53 bits per heavy atom. The largest absolute Gasteiger partial charge is 0.464 e. The lowest BCUT2D eigenvalue weighted by atomic mass is 10.2. The van der Waals surface area contributed by atoms with E-state index in [4.69, 9.17) is 15.2 Å². The van der Waals surface area contributed by atoms with Crippen molar-refractivity contribution in [1.29, 1.82) is 0 Å². The maximum Gasteiger partial charge on any atom is 0.328 e. The first-order chi connectivity index (χ1) is 7.02. The second-order valence-electron chi connectivity index (χ2n) is 3.04. The van der Waals surface area contributed by atoms with Crippen molar-refractivity contribution in [3.63, 3.8) is 0 Å². The highest BCUT2D eigenvalue weighted by Gasteiger charge is 2.20. The molecule has 0 aromatic rings. The van der Waals surface area contributed by atoms with Gasteiger partial charge in [-0.15, -0.1) is 0 Å². The highest BCUT2D eigenvalue weighted by molar-refractivity contribution is 5.87. The summed E-state index contributed by atoms with van der Waals surface area (Å²) < 4.78 is 9.43. The Labute approximate surface area is 89.1 Å². The number of carbonyl (C=O) groups excluding carboxylic acids is 2. The van der Waals surface area contributed by atoms with Crippen LogP contribution in [0.3, 0.4) is 0 Å². The van der Waals surface area contributed by atoms with Crippen LogP contribution in [0.15, 0.2) is 0 Å².